The molecule has 6 atom stereocenters. The third kappa shape index (κ3) is 4.27. The van der Waals surface area contributed by atoms with Crippen LogP contribution in [0.1, 0.15) is 31.7 Å². The monoisotopic (exact) mass is 582 g/mol. The number of carbonyl (C=O) groups is 3. The van der Waals surface area contributed by atoms with E-state index in [4.69, 9.17) is 21.1 Å². The van der Waals surface area contributed by atoms with Crippen molar-refractivity contribution in [3.8, 4) is 0 Å². The number of aryl methyl sites for hydroxylation is 1. The first-order valence-electron chi connectivity index (χ1n) is 12.3. The van der Waals surface area contributed by atoms with Crippen molar-refractivity contribution in [2.24, 2.45) is 11.8 Å². The molecule has 196 valence electrons. The Labute approximate surface area is 224 Å². The Morgan fingerprint density at radius 1 is 1.42 bits per heavy atom. The molecule has 0 aromatic heterocycles. The van der Waals surface area contributed by atoms with Crippen LogP contribution in [-0.2, 0) is 23.9 Å². The lowest BCUT2D eigenvalue weighted by molar-refractivity contribution is -0.154. The van der Waals surface area contributed by atoms with Gasteiger partial charge in [-0.05, 0) is 44.7 Å². The Balaban J connectivity index is 1.81. The summed E-state index contributed by atoms with van der Waals surface area (Å²) in [6, 6.07) is 4.44. The number of ether oxygens (including phenoxy) is 2. The van der Waals surface area contributed by atoms with Gasteiger partial charge in [0.2, 0.25) is 5.91 Å². The first kappa shape index (κ1) is 27.1. The van der Waals surface area contributed by atoms with E-state index in [0.29, 0.717) is 30.0 Å². The Kier molecular flexibility index (Phi) is 8.14. The van der Waals surface area contributed by atoms with E-state index in [1.54, 1.807) is 28.9 Å². The molecule has 1 N–H and O–H groups in total. The van der Waals surface area contributed by atoms with Crippen LogP contribution in [-0.4, -0.2) is 76.7 Å². The lowest BCUT2D eigenvalue weighted by atomic mass is 9.70. The molecule has 1 aromatic rings. The maximum Gasteiger partial charge on any atom is 0.312 e. The van der Waals surface area contributed by atoms with E-state index in [0.717, 1.165) is 5.56 Å². The lowest BCUT2D eigenvalue weighted by Crippen LogP contribution is -2.57. The van der Waals surface area contributed by atoms with Crippen LogP contribution in [0.25, 0.3) is 0 Å². The summed E-state index contributed by atoms with van der Waals surface area (Å²) >= 11 is 10.2. The van der Waals surface area contributed by atoms with Gasteiger partial charge >= 0.3 is 5.97 Å². The Morgan fingerprint density at radius 2 is 2.17 bits per heavy atom. The van der Waals surface area contributed by atoms with Crippen molar-refractivity contribution in [3.05, 3.63) is 41.4 Å². The van der Waals surface area contributed by atoms with Gasteiger partial charge in [-0.15, -0.1) is 6.58 Å². The second-order valence-electron chi connectivity index (χ2n) is 9.52. The summed E-state index contributed by atoms with van der Waals surface area (Å²) in [5.41, 5.74) is 0.178. The molecule has 0 aliphatic carbocycles. The van der Waals surface area contributed by atoms with Crippen molar-refractivity contribution in [3.63, 3.8) is 0 Å². The minimum absolute atomic E-state index is 0.0237. The summed E-state index contributed by atoms with van der Waals surface area (Å²) in [4.78, 5) is 44.2. The zero-order valence-corrected chi connectivity index (χ0v) is 22.8. The molecule has 3 aliphatic rings. The molecule has 2 amide bonds. The van der Waals surface area contributed by atoms with Crippen LogP contribution in [0.4, 0.5) is 5.69 Å². The van der Waals surface area contributed by atoms with Crippen LogP contribution in [0, 0.1) is 18.8 Å². The fourth-order valence-corrected chi connectivity index (χ4v) is 7.35. The largest absolute Gasteiger partial charge is 0.466 e. The van der Waals surface area contributed by atoms with E-state index in [1.165, 1.54) is 0 Å². The third-order valence-electron chi connectivity index (χ3n) is 7.43. The molecular formula is C26H32BrClN2O6. The Morgan fingerprint density at radius 3 is 2.81 bits per heavy atom. The number of benzene rings is 1. The van der Waals surface area contributed by atoms with Crippen LogP contribution in [0.15, 0.2) is 30.9 Å². The fraction of sp³-hybridized carbons (Fsp3) is 0.577. The predicted octanol–water partition coefficient (Wildman–Crippen LogP) is 3.25. The number of para-hydroxylation sites is 1. The van der Waals surface area contributed by atoms with Gasteiger partial charge in [-0.2, -0.15) is 0 Å². The van der Waals surface area contributed by atoms with E-state index in [-0.39, 0.29) is 42.9 Å². The highest BCUT2D eigenvalue weighted by Gasteiger charge is 2.77. The highest BCUT2D eigenvalue weighted by molar-refractivity contribution is 9.09. The van der Waals surface area contributed by atoms with Crippen molar-refractivity contribution in [2.75, 3.05) is 31.2 Å². The zero-order chi connectivity index (χ0) is 26.2. The van der Waals surface area contributed by atoms with Crippen LogP contribution in [0.2, 0.25) is 5.02 Å². The molecule has 4 rings (SSSR count). The number of esters is 1. The standard InChI is InChI=1S/C26H32BrClN2O6/c1-4-11-29(20-15(3)9-8-10-17(20)28)24(33)22-26-14-16(27)21(36-26)18(25(34)35-5-2)19(26)23(32)30(22)12-6-7-13-31/h4,8-10,16,18-19,21-22,31H,1,5-7,11-14H2,2-3H3/t16?,18-,19-,21-,22?,26?/m0/s1. The number of fused-ring (bicyclic) bond motifs is 1. The zero-order valence-electron chi connectivity index (χ0n) is 20.5. The smallest absolute Gasteiger partial charge is 0.312 e. The highest BCUT2D eigenvalue weighted by Crippen LogP contribution is 2.60. The maximum absolute atomic E-state index is 14.4. The average molecular weight is 584 g/mol. The molecule has 0 saturated carbocycles. The number of hydrogen-bond acceptors (Lipinski definition) is 6. The SMILES string of the molecule is C=CCN(C(=O)C1N(CCCCO)C(=O)[C@@H]2[C@H](C(=O)OCC)[C@H]3OC12CC3Br)c1c(C)cccc1Cl. The normalized spacial score (nSPS) is 30.4. The summed E-state index contributed by atoms with van der Waals surface area (Å²) in [6.07, 6.45) is 2.44. The number of rotatable bonds is 10. The molecule has 3 saturated heterocycles. The summed E-state index contributed by atoms with van der Waals surface area (Å²) in [5.74, 6) is -2.74. The Hall–Kier alpha value is -1.94. The van der Waals surface area contributed by atoms with Crippen LogP contribution >= 0.6 is 27.5 Å². The molecule has 1 aromatic carbocycles. The molecule has 10 heteroatoms. The molecule has 3 aliphatic heterocycles. The third-order valence-corrected chi connectivity index (χ3v) is 8.57. The average Bonchev–Trinajstić information content (AvgIpc) is 3.42. The summed E-state index contributed by atoms with van der Waals surface area (Å²) in [6.45, 7) is 8.01. The van der Waals surface area contributed by atoms with E-state index in [1.807, 2.05) is 19.1 Å². The first-order chi connectivity index (χ1) is 17.2. The van der Waals surface area contributed by atoms with Crippen LogP contribution < -0.4 is 4.90 Å². The van der Waals surface area contributed by atoms with Gasteiger partial charge in [0, 0.05) is 24.5 Å². The number of unbranched alkanes of at least 4 members (excludes halogenated alkanes) is 1. The molecule has 3 unspecified atom stereocenters. The molecular weight excluding hydrogens is 552 g/mol. The summed E-state index contributed by atoms with van der Waals surface area (Å²) in [7, 11) is 0. The van der Waals surface area contributed by atoms with E-state index in [9.17, 15) is 19.5 Å². The first-order valence-corrected chi connectivity index (χ1v) is 13.6. The van der Waals surface area contributed by atoms with Gasteiger partial charge < -0.3 is 24.4 Å². The quantitative estimate of drug-likeness (QED) is 0.197. The number of aliphatic hydroxyl groups excluding tert-OH is 1. The second kappa shape index (κ2) is 10.8. The van der Waals surface area contributed by atoms with E-state index < -0.39 is 35.6 Å². The molecule has 0 radical (unpaired) electrons. The molecule has 36 heavy (non-hydrogen) atoms. The van der Waals surface area contributed by atoms with Crippen molar-refractivity contribution in [1.29, 1.82) is 0 Å². The number of likely N-dealkylation sites (tertiary alicyclic amines) is 1. The van der Waals surface area contributed by atoms with Gasteiger partial charge in [0.1, 0.15) is 11.6 Å². The number of alkyl halides is 1. The summed E-state index contributed by atoms with van der Waals surface area (Å²) < 4.78 is 11.8. The number of carbonyl (C=O) groups excluding carboxylic acids is 3. The minimum Gasteiger partial charge on any atom is -0.466 e. The minimum atomic E-state index is -1.18. The van der Waals surface area contributed by atoms with Crippen LogP contribution in [0.3, 0.4) is 0 Å². The summed E-state index contributed by atoms with van der Waals surface area (Å²) in [5, 5.41) is 9.74. The number of amides is 2. The number of halogens is 2. The molecule has 1 spiro atoms. The topological polar surface area (TPSA) is 96.4 Å². The molecule has 8 nitrogen and oxygen atoms in total. The van der Waals surface area contributed by atoms with Gasteiger partial charge in [-0.3, -0.25) is 14.4 Å². The lowest BCUT2D eigenvalue weighted by Gasteiger charge is -2.37. The molecule has 3 fully saturated rings. The van der Waals surface area contributed by atoms with Crippen molar-refractivity contribution in [2.45, 2.75) is 55.7 Å². The Bertz CT molecular complexity index is 1030. The van der Waals surface area contributed by atoms with Gasteiger partial charge in [0.15, 0.2) is 0 Å². The van der Waals surface area contributed by atoms with E-state index in [2.05, 4.69) is 22.5 Å². The van der Waals surface area contributed by atoms with Gasteiger partial charge in [-0.1, -0.05) is 45.7 Å². The van der Waals surface area contributed by atoms with Gasteiger partial charge in [-0.25, -0.2) is 0 Å². The number of nitrogens with zero attached hydrogens (tertiary/aromatic N) is 2. The predicted molar refractivity (Wildman–Crippen MR) is 139 cm³/mol. The fourth-order valence-electron chi connectivity index (χ4n) is 6.08. The number of hydrogen-bond donors (Lipinski definition) is 1. The van der Waals surface area contributed by atoms with Gasteiger partial charge in [0.05, 0.1) is 35.3 Å². The molecule has 3 heterocycles. The van der Waals surface area contributed by atoms with Crippen molar-refractivity contribution >= 4 is 51.0 Å². The maximum atomic E-state index is 14.4. The van der Waals surface area contributed by atoms with E-state index >= 15 is 0 Å². The van der Waals surface area contributed by atoms with Gasteiger partial charge in [0.25, 0.3) is 5.91 Å². The van der Waals surface area contributed by atoms with Crippen LogP contribution in [0.5, 0.6) is 0 Å². The second-order valence-corrected chi connectivity index (χ2v) is 11.1. The van der Waals surface area contributed by atoms with Crippen molar-refractivity contribution < 1.29 is 29.0 Å². The van der Waals surface area contributed by atoms with Crippen molar-refractivity contribution in [1.82, 2.24) is 4.90 Å². The highest BCUT2D eigenvalue weighted by atomic mass is 79.9. The number of aliphatic hydroxyl groups is 1. The number of anilines is 1. The molecule has 2 bridgehead atoms.